The van der Waals surface area contributed by atoms with Crippen molar-refractivity contribution in [2.24, 2.45) is 11.7 Å². The highest BCUT2D eigenvalue weighted by Crippen LogP contribution is 2.23. The Kier molecular flexibility index (Phi) is 4.94. The Balaban J connectivity index is 2.33. The molecule has 4 nitrogen and oxygen atoms in total. The van der Waals surface area contributed by atoms with Gasteiger partial charge in [-0.3, -0.25) is 9.59 Å². The fraction of sp³-hybridized carbons (Fsp3) is 0.222. The molecule has 4 heteroatoms. The van der Waals surface area contributed by atoms with E-state index in [4.69, 9.17) is 5.73 Å². The fourth-order valence-electron chi connectivity index (χ4n) is 2.34. The minimum atomic E-state index is -0.684. The molecular formula is C18H20N2O2. The van der Waals surface area contributed by atoms with Crippen LogP contribution < -0.4 is 11.1 Å². The second-order valence-electron chi connectivity index (χ2n) is 5.51. The predicted octanol–water partition coefficient (Wildman–Crippen LogP) is 2.59. The summed E-state index contributed by atoms with van der Waals surface area (Å²) in [5.41, 5.74) is 7.67. The number of amides is 2. The summed E-state index contributed by atoms with van der Waals surface area (Å²) in [7, 11) is 0. The predicted molar refractivity (Wildman–Crippen MR) is 87.2 cm³/mol. The van der Waals surface area contributed by atoms with E-state index in [0.29, 0.717) is 5.56 Å². The maximum atomic E-state index is 12.5. The molecule has 2 rings (SSSR count). The third kappa shape index (κ3) is 3.52. The minimum absolute atomic E-state index is 0.0645. The summed E-state index contributed by atoms with van der Waals surface area (Å²) in [6.07, 6.45) is 0. The molecule has 22 heavy (non-hydrogen) atoms. The summed E-state index contributed by atoms with van der Waals surface area (Å²) in [6.45, 7) is 3.69. The van der Waals surface area contributed by atoms with Crippen LogP contribution in [0.3, 0.4) is 0 Å². The summed E-state index contributed by atoms with van der Waals surface area (Å²) >= 11 is 0. The average Bonchev–Trinajstić information content (AvgIpc) is 2.52. The van der Waals surface area contributed by atoms with Crippen molar-refractivity contribution >= 4 is 11.8 Å². The van der Waals surface area contributed by atoms with Crippen molar-refractivity contribution in [2.45, 2.75) is 19.9 Å². The molecular weight excluding hydrogens is 276 g/mol. The molecule has 2 aromatic carbocycles. The topological polar surface area (TPSA) is 72.2 Å². The van der Waals surface area contributed by atoms with Crippen LogP contribution in [0.4, 0.5) is 0 Å². The maximum absolute atomic E-state index is 12.5. The first-order valence-corrected chi connectivity index (χ1v) is 7.25. The summed E-state index contributed by atoms with van der Waals surface area (Å²) in [4.78, 5) is 24.0. The number of benzene rings is 2. The van der Waals surface area contributed by atoms with Gasteiger partial charge in [-0.1, -0.05) is 62.4 Å². The van der Waals surface area contributed by atoms with Gasteiger partial charge in [0.25, 0.3) is 5.91 Å². The normalized spacial score (nSPS) is 12.0. The highest BCUT2D eigenvalue weighted by atomic mass is 16.2. The number of primary amides is 1. The van der Waals surface area contributed by atoms with Crippen LogP contribution in [-0.4, -0.2) is 17.9 Å². The van der Waals surface area contributed by atoms with Crippen LogP contribution in [0, 0.1) is 5.92 Å². The highest BCUT2D eigenvalue weighted by Gasteiger charge is 2.23. The van der Waals surface area contributed by atoms with Gasteiger partial charge in [0.2, 0.25) is 5.91 Å². The van der Waals surface area contributed by atoms with Gasteiger partial charge in [-0.2, -0.15) is 0 Å². The van der Waals surface area contributed by atoms with Gasteiger partial charge < -0.3 is 11.1 Å². The Labute approximate surface area is 130 Å². The number of hydrogen-bond acceptors (Lipinski definition) is 2. The lowest BCUT2D eigenvalue weighted by Crippen LogP contribution is -2.47. The van der Waals surface area contributed by atoms with Gasteiger partial charge in [-0.15, -0.1) is 0 Å². The van der Waals surface area contributed by atoms with Crippen molar-refractivity contribution in [3.63, 3.8) is 0 Å². The minimum Gasteiger partial charge on any atom is -0.368 e. The molecule has 0 aliphatic rings. The third-order valence-electron chi connectivity index (χ3n) is 3.52. The van der Waals surface area contributed by atoms with Crippen LogP contribution in [0.25, 0.3) is 11.1 Å². The molecule has 0 saturated carbocycles. The molecule has 0 spiro atoms. The standard InChI is InChI=1S/C18H20N2O2/c1-12(2)16(17(19)21)20-18(22)15-11-7-6-10-14(15)13-8-4-3-5-9-13/h3-12,16H,1-2H3,(H2,19,21)(H,20,22)/t16-/m0/s1. The molecule has 0 aliphatic carbocycles. The smallest absolute Gasteiger partial charge is 0.252 e. The van der Waals surface area contributed by atoms with E-state index in [2.05, 4.69) is 5.32 Å². The maximum Gasteiger partial charge on any atom is 0.252 e. The van der Waals surface area contributed by atoms with E-state index in [1.54, 1.807) is 12.1 Å². The van der Waals surface area contributed by atoms with Crippen LogP contribution in [0.5, 0.6) is 0 Å². The van der Waals surface area contributed by atoms with Crippen LogP contribution in [0.15, 0.2) is 54.6 Å². The lowest BCUT2D eigenvalue weighted by atomic mass is 9.98. The average molecular weight is 296 g/mol. The third-order valence-corrected chi connectivity index (χ3v) is 3.52. The zero-order valence-electron chi connectivity index (χ0n) is 12.7. The molecule has 0 unspecified atom stereocenters. The summed E-state index contributed by atoms with van der Waals surface area (Å²) in [5, 5.41) is 2.73. The van der Waals surface area contributed by atoms with E-state index < -0.39 is 11.9 Å². The van der Waals surface area contributed by atoms with Gasteiger partial charge in [0.15, 0.2) is 0 Å². The Hall–Kier alpha value is -2.62. The van der Waals surface area contributed by atoms with Crippen molar-refractivity contribution < 1.29 is 9.59 Å². The van der Waals surface area contributed by atoms with E-state index in [-0.39, 0.29) is 11.8 Å². The van der Waals surface area contributed by atoms with Gasteiger partial charge in [0.05, 0.1) is 0 Å². The van der Waals surface area contributed by atoms with Crippen molar-refractivity contribution in [3.05, 3.63) is 60.2 Å². The molecule has 0 fully saturated rings. The molecule has 0 radical (unpaired) electrons. The summed E-state index contributed by atoms with van der Waals surface area (Å²) in [5.74, 6) is -0.886. The van der Waals surface area contributed by atoms with Crippen molar-refractivity contribution in [2.75, 3.05) is 0 Å². The first kappa shape index (κ1) is 15.8. The molecule has 2 amide bonds. The Morgan fingerprint density at radius 2 is 1.55 bits per heavy atom. The van der Waals surface area contributed by atoms with Crippen LogP contribution in [0.1, 0.15) is 24.2 Å². The first-order valence-electron chi connectivity index (χ1n) is 7.25. The first-order chi connectivity index (χ1) is 10.5. The molecule has 0 heterocycles. The van der Waals surface area contributed by atoms with Crippen molar-refractivity contribution in [1.29, 1.82) is 0 Å². The Morgan fingerprint density at radius 3 is 2.14 bits per heavy atom. The highest BCUT2D eigenvalue weighted by molar-refractivity contribution is 6.02. The lowest BCUT2D eigenvalue weighted by Gasteiger charge is -2.20. The van der Waals surface area contributed by atoms with Gasteiger partial charge >= 0.3 is 0 Å². The molecule has 2 aromatic rings. The van der Waals surface area contributed by atoms with Gasteiger partial charge in [-0.05, 0) is 23.1 Å². The van der Waals surface area contributed by atoms with E-state index in [0.717, 1.165) is 11.1 Å². The van der Waals surface area contributed by atoms with Gasteiger partial charge in [-0.25, -0.2) is 0 Å². The molecule has 0 bridgehead atoms. The Bertz CT molecular complexity index is 666. The summed E-state index contributed by atoms with van der Waals surface area (Å²) in [6, 6.07) is 16.3. The largest absolute Gasteiger partial charge is 0.368 e. The van der Waals surface area contributed by atoms with Crippen molar-refractivity contribution in [1.82, 2.24) is 5.32 Å². The zero-order valence-corrected chi connectivity index (χ0v) is 12.7. The Morgan fingerprint density at radius 1 is 0.955 bits per heavy atom. The molecule has 1 atom stereocenters. The van der Waals surface area contributed by atoms with E-state index in [1.807, 2.05) is 56.3 Å². The van der Waals surface area contributed by atoms with E-state index in [9.17, 15) is 9.59 Å². The quantitative estimate of drug-likeness (QED) is 0.890. The van der Waals surface area contributed by atoms with Crippen molar-refractivity contribution in [3.8, 4) is 11.1 Å². The van der Waals surface area contributed by atoms with Crippen LogP contribution >= 0.6 is 0 Å². The van der Waals surface area contributed by atoms with Gasteiger partial charge in [0, 0.05) is 5.56 Å². The monoisotopic (exact) mass is 296 g/mol. The lowest BCUT2D eigenvalue weighted by molar-refractivity contribution is -0.120. The molecule has 0 aromatic heterocycles. The van der Waals surface area contributed by atoms with Crippen LogP contribution in [-0.2, 0) is 4.79 Å². The number of carbonyl (C=O) groups is 2. The van der Waals surface area contributed by atoms with Crippen LogP contribution in [0.2, 0.25) is 0 Å². The zero-order chi connectivity index (χ0) is 16.1. The molecule has 0 saturated heterocycles. The second-order valence-corrected chi connectivity index (χ2v) is 5.51. The SMILES string of the molecule is CC(C)[C@H](NC(=O)c1ccccc1-c1ccccc1)C(N)=O. The van der Waals surface area contributed by atoms with E-state index >= 15 is 0 Å². The van der Waals surface area contributed by atoms with E-state index in [1.165, 1.54) is 0 Å². The number of nitrogens with two attached hydrogens (primary N) is 1. The number of hydrogen-bond donors (Lipinski definition) is 2. The fourth-order valence-corrected chi connectivity index (χ4v) is 2.34. The number of rotatable bonds is 5. The molecule has 3 N–H and O–H groups in total. The number of nitrogens with one attached hydrogen (secondary N) is 1. The molecule has 114 valence electrons. The van der Waals surface area contributed by atoms with Gasteiger partial charge in [0.1, 0.15) is 6.04 Å². The molecule has 0 aliphatic heterocycles. The summed E-state index contributed by atoms with van der Waals surface area (Å²) < 4.78 is 0. The second kappa shape index (κ2) is 6.89. The number of carbonyl (C=O) groups excluding carboxylic acids is 2.